The summed E-state index contributed by atoms with van der Waals surface area (Å²) in [5, 5.41) is 15.8. The van der Waals surface area contributed by atoms with Crippen molar-refractivity contribution < 1.29 is 19.2 Å². The number of aryl methyl sites for hydroxylation is 1. The quantitative estimate of drug-likeness (QED) is 0.816. The third kappa shape index (κ3) is 3.80. The Labute approximate surface area is 123 Å². The first-order valence-electron chi connectivity index (χ1n) is 7.31. The van der Waals surface area contributed by atoms with Gasteiger partial charge in [0.05, 0.1) is 11.8 Å². The third-order valence-electron chi connectivity index (χ3n) is 4.11. The average molecular weight is 295 g/mol. The van der Waals surface area contributed by atoms with E-state index in [0.717, 1.165) is 6.42 Å². The van der Waals surface area contributed by atoms with Crippen LogP contribution in [0.4, 0.5) is 0 Å². The van der Waals surface area contributed by atoms with Gasteiger partial charge in [-0.05, 0) is 18.8 Å². The highest BCUT2D eigenvalue weighted by molar-refractivity contribution is 5.85. The number of carboxylic acids is 1. The Morgan fingerprint density at radius 2 is 2.10 bits per heavy atom. The first-order valence-corrected chi connectivity index (χ1v) is 7.31. The van der Waals surface area contributed by atoms with Crippen molar-refractivity contribution >= 4 is 11.9 Å². The van der Waals surface area contributed by atoms with E-state index < -0.39 is 17.8 Å². The van der Waals surface area contributed by atoms with Gasteiger partial charge >= 0.3 is 5.97 Å². The summed E-state index contributed by atoms with van der Waals surface area (Å²) in [5.74, 6) is -0.703. The summed E-state index contributed by atoms with van der Waals surface area (Å²) in [5.41, 5.74) is 0. The summed E-state index contributed by atoms with van der Waals surface area (Å²) in [4.78, 5) is 27.5. The topological polar surface area (TPSA) is 105 Å². The van der Waals surface area contributed by atoms with E-state index in [4.69, 9.17) is 4.52 Å². The van der Waals surface area contributed by atoms with Gasteiger partial charge in [0.15, 0.2) is 5.82 Å². The van der Waals surface area contributed by atoms with Gasteiger partial charge in [0.25, 0.3) is 0 Å². The van der Waals surface area contributed by atoms with Crippen molar-refractivity contribution in [2.75, 3.05) is 6.54 Å². The lowest BCUT2D eigenvalue weighted by Gasteiger charge is -2.15. The van der Waals surface area contributed by atoms with E-state index in [1.165, 1.54) is 0 Å². The van der Waals surface area contributed by atoms with E-state index in [1.807, 2.05) is 6.92 Å². The maximum atomic E-state index is 12.2. The molecule has 1 aromatic heterocycles. The van der Waals surface area contributed by atoms with Crippen LogP contribution in [0.15, 0.2) is 4.52 Å². The number of nitrogens with one attached hydrogen (secondary N) is 1. The van der Waals surface area contributed by atoms with Crippen LogP contribution in [0.1, 0.15) is 37.9 Å². The van der Waals surface area contributed by atoms with Gasteiger partial charge in [0.2, 0.25) is 11.8 Å². The molecule has 1 amide bonds. The predicted octanol–water partition coefficient (Wildman–Crippen LogP) is 1.17. The Kier molecular flexibility index (Phi) is 4.93. The highest BCUT2D eigenvalue weighted by Gasteiger charge is 2.41. The second-order valence-electron chi connectivity index (χ2n) is 5.57. The van der Waals surface area contributed by atoms with Crippen LogP contribution in [0.25, 0.3) is 0 Å². The maximum absolute atomic E-state index is 12.2. The SMILES string of the molecule is CCC1C[C@H](C(=O)NCCc2noc(C)n2)[C@H](C(=O)O)C1. The van der Waals surface area contributed by atoms with Gasteiger partial charge in [-0.3, -0.25) is 9.59 Å². The van der Waals surface area contributed by atoms with Crippen molar-refractivity contribution in [3.05, 3.63) is 11.7 Å². The second-order valence-corrected chi connectivity index (χ2v) is 5.57. The van der Waals surface area contributed by atoms with Crippen LogP contribution in [0, 0.1) is 24.7 Å². The second kappa shape index (κ2) is 6.69. The van der Waals surface area contributed by atoms with Crippen LogP contribution in [-0.4, -0.2) is 33.7 Å². The highest BCUT2D eigenvalue weighted by atomic mass is 16.5. The Balaban J connectivity index is 1.85. The molecule has 0 radical (unpaired) electrons. The molecule has 0 saturated heterocycles. The normalized spacial score (nSPS) is 25.0. The molecule has 116 valence electrons. The molecule has 1 aromatic rings. The van der Waals surface area contributed by atoms with Gasteiger partial charge in [-0.1, -0.05) is 18.5 Å². The summed E-state index contributed by atoms with van der Waals surface area (Å²) in [6.45, 7) is 4.12. The van der Waals surface area contributed by atoms with Gasteiger partial charge in [-0.15, -0.1) is 0 Å². The summed E-state index contributed by atoms with van der Waals surface area (Å²) in [6, 6.07) is 0. The van der Waals surface area contributed by atoms with E-state index >= 15 is 0 Å². The highest BCUT2D eigenvalue weighted by Crippen LogP contribution is 2.38. The summed E-state index contributed by atoms with van der Waals surface area (Å²) in [7, 11) is 0. The molecule has 1 aliphatic rings. The zero-order valence-electron chi connectivity index (χ0n) is 12.3. The van der Waals surface area contributed by atoms with Crippen molar-refractivity contribution in [1.82, 2.24) is 15.5 Å². The molecule has 3 atom stereocenters. The number of rotatable bonds is 6. The number of carbonyl (C=O) groups excluding carboxylic acids is 1. The Hall–Kier alpha value is -1.92. The van der Waals surface area contributed by atoms with Gasteiger partial charge < -0.3 is 14.9 Å². The Morgan fingerprint density at radius 1 is 1.38 bits per heavy atom. The van der Waals surface area contributed by atoms with Crippen LogP contribution in [0.5, 0.6) is 0 Å². The van der Waals surface area contributed by atoms with E-state index in [2.05, 4.69) is 15.5 Å². The molecule has 21 heavy (non-hydrogen) atoms. The van der Waals surface area contributed by atoms with E-state index in [1.54, 1.807) is 6.92 Å². The number of hydrogen-bond acceptors (Lipinski definition) is 5. The summed E-state index contributed by atoms with van der Waals surface area (Å²) < 4.78 is 4.85. The van der Waals surface area contributed by atoms with Crippen LogP contribution < -0.4 is 5.32 Å². The zero-order chi connectivity index (χ0) is 15.4. The first-order chi connectivity index (χ1) is 10.0. The number of aliphatic carboxylic acids is 1. The van der Waals surface area contributed by atoms with Crippen LogP contribution in [-0.2, 0) is 16.0 Å². The number of amides is 1. The summed E-state index contributed by atoms with van der Waals surface area (Å²) >= 11 is 0. The van der Waals surface area contributed by atoms with Crippen LogP contribution in [0.3, 0.4) is 0 Å². The van der Waals surface area contributed by atoms with Crippen molar-refractivity contribution in [1.29, 1.82) is 0 Å². The predicted molar refractivity (Wildman–Crippen MR) is 73.4 cm³/mol. The molecule has 0 bridgehead atoms. The number of carbonyl (C=O) groups is 2. The average Bonchev–Trinajstić information content (AvgIpc) is 3.04. The van der Waals surface area contributed by atoms with Crippen molar-refractivity contribution in [2.24, 2.45) is 17.8 Å². The fourth-order valence-corrected chi connectivity index (χ4v) is 2.91. The molecule has 1 heterocycles. The first kappa shape index (κ1) is 15.5. The lowest BCUT2D eigenvalue weighted by Crippen LogP contribution is -2.36. The van der Waals surface area contributed by atoms with Gasteiger partial charge in [0.1, 0.15) is 0 Å². The summed E-state index contributed by atoms with van der Waals surface area (Å²) in [6.07, 6.45) is 2.63. The van der Waals surface area contributed by atoms with E-state index in [9.17, 15) is 14.7 Å². The maximum Gasteiger partial charge on any atom is 0.307 e. The monoisotopic (exact) mass is 295 g/mol. The molecule has 2 rings (SSSR count). The lowest BCUT2D eigenvalue weighted by atomic mass is 9.95. The standard InChI is InChI=1S/C14H21N3O4/c1-3-9-6-10(11(7-9)14(19)20)13(18)15-5-4-12-16-8(2)21-17-12/h9-11H,3-7H2,1-2H3,(H,15,18)(H,19,20)/t9?,10-,11+/m0/s1. The Bertz CT molecular complexity index is 514. The minimum atomic E-state index is -0.875. The number of nitrogens with zero attached hydrogens (tertiary/aromatic N) is 2. The zero-order valence-corrected chi connectivity index (χ0v) is 12.3. The number of hydrogen-bond donors (Lipinski definition) is 2. The molecule has 2 N–H and O–H groups in total. The Morgan fingerprint density at radius 3 is 2.67 bits per heavy atom. The van der Waals surface area contributed by atoms with E-state index in [-0.39, 0.29) is 5.91 Å². The number of carboxylic acid groups (broad SMARTS) is 1. The molecule has 1 fully saturated rings. The number of aromatic nitrogens is 2. The molecule has 0 aliphatic heterocycles. The molecular formula is C14H21N3O4. The molecular weight excluding hydrogens is 274 g/mol. The van der Waals surface area contributed by atoms with Crippen LogP contribution >= 0.6 is 0 Å². The molecule has 1 saturated carbocycles. The largest absolute Gasteiger partial charge is 0.481 e. The third-order valence-corrected chi connectivity index (χ3v) is 4.11. The molecule has 0 spiro atoms. The van der Waals surface area contributed by atoms with Gasteiger partial charge in [-0.2, -0.15) is 4.98 Å². The lowest BCUT2D eigenvalue weighted by molar-refractivity contribution is -0.146. The minimum absolute atomic E-state index is 0.182. The van der Waals surface area contributed by atoms with Crippen molar-refractivity contribution in [3.8, 4) is 0 Å². The smallest absolute Gasteiger partial charge is 0.307 e. The molecule has 1 unspecified atom stereocenters. The van der Waals surface area contributed by atoms with Crippen molar-refractivity contribution in [2.45, 2.75) is 39.5 Å². The van der Waals surface area contributed by atoms with Gasteiger partial charge in [-0.25, -0.2) is 0 Å². The molecule has 1 aliphatic carbocycles. The fourth-order valence-electron chi connectivity index (χ4n) is 2.91. The van der Waals surface area contributed by atoms with Crippen LogP contribution in [0.2, 0.25) is 0 Å². The van der Waals surface area contributed by atoms with Crippen molar-refractivity contribution in [3.63, 3.8) is 0 Å². The fraction of sp³-hybridized carbons (Fsp3) is 0.714. The molecule has 7 heteroatoms. The molecule has 7 nitrogen and oxygen atoms in total. The molecule has 0 aromatic carbocycles. The van der Waals surface area contributed by atoms with Gasteiger partial charge in [0, 0.05) is 19.9 Å². The van der Waals surface area contributed by atoms with E-state index in [0.29, 0.717) is 43.4 Å². The minimum Gasteiger partial charge on any atom is -0.481 e.